The molecule has 106 valence electrons. The first-order chi connectivity index (χ1) is 8.70. The first kappa shape index (κ1) is 16.8. The Balaban J connectivity index is 3.32. The fourth-order valence-electron chi connectivity index (χ4n) is 0.834. The third-order valence-electron chi connectivity index (χ3n) is 1.52. The molecule has 0 unspecified atom stereocenters. The van der Waals surface area contributed by atoms with Gasteiger partial charge < -0.3 is 29.2 Å². The molecule has 0 aliphatic carbocycles. The van der Waals surface area contributed by atoms with Crippen molar-refractivity contribution in [3.05, 3.63) is 0 Å². The summed E-state index contributed by atoms with van der Waals surface area (Å²) in [6.45, 7) is -0.877. The molecule has 0 fully saturated rings. The van der Waals surface area contributed by atoms with Crippen LogP contribution >= 0.6 is 0 Å². The molecule has 0 spiro atoms. The van der Waals surface area contributed by atoms with E-state index in [0.717, 1.165) is 0 Å². The van der Waals surface area contributed by atoms with Crippen LogP contribution in [0, 0.1) is 0 Å². The predicted octanol–water partition coefficient (Wildman–Crippen LogP) is -1.91. The lowest BCUT2D eigenvalue weighted by Crippen LogP contribution is -2.20. The first-order valence-corrected chi connectivity index (χ1v) is 5.39. The van der Waals surface area contributed by atoms with Gasteiger partial charge in [0.05, 0.1) is 26.4 Å². The summed E-state index contributed by atoms with van der Waals surface area (Å²) in [4.78, 5) is 21.9. The largest absolute Gasteiger partial charge is 0.460 e. The van der Waals surface area contributed by atoms with Crippen molar-refractivity contribution in [2.45, 2.75) is 0 Å². The van der Waals surface area contributed by atoms with Crippen molar-refractivity contribution in [1.29, 1.82) is 0 Å². The molecule has 0 heterocycles. The lowest BCUT2D eigenvalue weighted by molar-refractivity contribution is -0.157. The Morgan fingerprint density at radius 2 is 1.11 bits per heavy atom. The number of carbonyl (C=O) groups is 2. The molecule has 8 heteroatoms. The fourth-order valence-corrected chi connectivity index (χ4v) is 0.834. The maximum absolute atomic E-state index is 11.0. The minimum atomic E-state index is -0.601. The molecule has 0 saturated heterocycles. The highest BCUT2D eigenvalue weighted by atomic mass is 16.6. The van der Waals surface area contributed by atoms with E-state index in [0.29, 0.717) is 0 Å². The molecule has 8 nitrogen and oxygen atoms in total. The fraction of sp³-hybridized carbons (Fsp3) is 0.800. The summed E-state index contributed by atoms with van der Waals surface area (Å²) in [5, 5.41) is 16.8. The van der Waals surface area contributed by atoms with E-state index < -0.39 is 11.9 Å². The normalized spacial score (nSPS) is 10.1. The van der Waals surface area contributed by atoms with E-state index in [1.54, 1.807) is 0 Å². The van der Waals surface area contributed by atoms with Crippen LogP contribution in [0.1, 0.15) is 0 Å². The van der Waals surface area contributed by atoms with Crippen molar-refractivity contribution in [3.8, 4) is 0 Å². The minimum Gasteiger partial charge on any atom is -0.460 e. The number of aliphatic hydroxyl groups excluding tert-OH is 2. The van der Waals surface area contributed by atoms with E-state index in [4.69, 9.17) is 19.7 Å². The molecule has 2 N–H and O–H groups in total. The lowest BCUT2D eigenvalue weighted by atomic mass is 10.6. The predicted molar refractivity (Wildman–Crippen MR) is 57.7 cm³/mol. The van der Waals surface area contributed by atoms with Crippen molar-refractivity contribution >= 4 is 11.9 Å². The van der Waals surface area contributed by atoms with Crippen molar-refractivity contribution < 1.29 is 38.7 Å². The highest BCUT2D eigenvalue weighted by Gasteiger charge is 2.05. The van der Waals surface area contributed by atoms with E-state index in [2.05, 4.69) is 9.47 Å². The second kappa shape index (κ2) is 12.2. The molecule has 0 rings (SSSR count). The average Bonchev–Trinajstić information content (AvgIpc) is 2.35. The molecule has 0 aromatic heterocycles. The average molecular weight is 266 g/mol. The molecule has 0 aromatic rings. The summed E-state index contributed by atoms with van der Waals surface area (Å²) in [6.07, 6.45) is 0. The van der Waals surface area contributed by atoms with E-state index >= 15 is 0 Å². The summed E-state index contributed by atoms with van der Waals surface area (Å²) in [5.74, 6) is -1.20. The molecule has 0 saturated carbocycles. The van der Waals surface area contributed by atoms with Gasteiger partial charge in [-0.25, -0.2) is 9.59 Å². The molecule has 0 amide bonds. The molecule has 0 aliphatic rings. The molecule has 0 atom stereocenters. The second-order valence-electron chi connectivity index (χ2n) is 2.99. The van der Waals surface area contributed by atoms with Gasteiger partial charge in [0.2, 0.25) is 0 Å². The number of esters is 2. The van der Waals surface area contributed by atoms with Gasteiger partial charge in [-0.3, -0.25) is 0 Å². The van der Waals surface area contributed by atoms with Gasteiger partial charge in [0.15, 0.2) is 0 Å². The maximum atomic E-state index is 11.0. The third kappa shape index (κ3) is 11.3. The third-order valence-corrected chi connectivity index (χ3v) is 1.52. The summed E-state index contributed by atoms with van der Waals surface area (Å²) in [7, 11) is 0. The summed E-state index contributed by atoms with van der Waals surface area (Å²) >= 11 is 0. The summed E-state index contributed by atoms with van der Waals surface area (Å²) in [5.41, 5.74) is 0. The van der Waals surface area contributed by atoms with E-state index in [1.165, 1.54) is 0 Å². The highest BCUT2D eigenvalue weighted by molar-refractivity contribution is 5.71. The number of rotatable bonds is 11. The second-order valence-corrected chi connectivity index (χ2v) is 2.99. The van der Waals surface area contributed by atoms with Gasteiger partial charge in [-0.2, -0.15) is 0 Å². The highest BCUT2D eigenvalue weighted by Crippen LogP contribution is 1.85. The molecule has 0 radical (unpaired) electrons. The van der Waals surface area contributed by atoms with Crippen LogP contribution in [-0.4, -0.2) is 75.0 Å². The Morgan fingerprint density at radius 3 is 1.44 bits per heavy atom. The van der Waals surface area contributed by atoms with Crippen molar-refractivity contribution in [2.75, 3.05) is 52.9 Å². The van der Waals surface area contributed by atoms with Crippen LogP contribution in [0.3, 0.4) is 0 Å². The van der Waals surface area contributed by atoms with Crippen molar-refractivity contribution in [1.82, 2.24) is 0 Å². The van der Waals surface area contributed by atoms with Gasteiger partial charge in [0.25, 0.3) is 0 Å². The van der Waals surface area contributed by atoms with Gasteiger partial charge in [-0.05, 0) is 0 Å². The monoisotopic (exact) mass is 266 g/mol. The van der Waals surface area contributed by atoms with Crippen LogP contribution < -0.4 is 0 Å². The lowest BCUT2D eigenvalue weighted by Gasteiger charge is -2.06. The molecular weight excluding hydrogens is 248 g/mol. The van der Waals surface area contributed by atoms with Crippen LogP contribution in [0.25, 0.3) is 0 Å². The van der Waals surface area contributed by atoms with E-state index in [1.807, 2.05) is 0 Å². The Bertz CT molecular complexity index is 206. The Morgan fingerprint density at radius 1 is 0.722 bits per heavy atom. The molecule has 18 heavy (non-hydrogen) atoms. The Hall–Kier alpha value is -1.22. The summed E-state index contributed by atoms with van der Waals surface area (Å²) < 4.78 is 18.7. The SMILES string of the molecule is O=C(COCCO)OCCOC(=O)COCCO. The van der Waals surface area contributed by atoms with Gasteiger partial charge in [-0.1, -0.05) is 0 Å². The minimum absolute atomic E-state index is 0.0618. The zero-order valence-electron chi connectivity index (χ0n) is 10.0. The number of hydrogen-bond donors (Lipinski definition) is 2. The topological polar surface area (TPSA) is 112 Å². The van der Waals surface area contributed by atoms with Crippen molar-refractivity contribution in [3.63, 3.8) is 0 Å². The standard InChI is InChI=1S/C10H18O8/c11-1-3-15-7-9(13)17-5-6-18-10(14)8-16-4-2-12/h11-12H,1-8H2. The van der Waals surface area contributed by atoms with Gasteiger partial charge in [-0.15, -0.1) is 0 Å². The maximum Gasteiger partial charge on any atom is 0.332 e. The summed E-state index contributed by atoms with van der Waals surface area (Å²) in [6, 6.07) is 0. The Labute approximate surface area is 104 Å². The molecule has 0 aromatic carbocycles. The zero-order chi connectivity index (χ0) is 13.6. The number of hydrogen-bond acceptors (Lipinski definition) is 8. The van der Waals surface area contributed by atoms with Crippen LogP contribution in [0.2, 0.25) is 0 Å². The van der Waals surface area contributed by atoms with E-state index in [9.17, 15) is 9.59 Å². The van der Waals surface area contributed by atoms with Gasteiger partial charge in [0.1, 0.15) is 26.4 Å². The smallest absolute Gasteiger partial charge is 0.332 e. The number of aliphatic hydroxyl groups is 2. The molecule has 0 aliphatic heterocycles. The Kier molecular flexibility index (Phi) is 11.4. The quantitative estimate of drug-likeness (QED) is 0.329. The van der Waals surface area contributed by atoms with Crippen molar-refractivity contribution in [2.24, 2.45) is 0 Å². The van der Waals surface area contributed by atoms with Crippen LogP contribution in [0.5, 0.6) is 0 Å². The molecular formula is C10H18O8. The molecule has 0 bridgehead atoms. The van der Waals surface area contributed by atoms with Crippen LogP contribution in [-0.2, 0) is 28.5 Å². The van der Waals surface area contributed by atoms with E-state index in [-0.39, 0.29) is 52.9 Å². The number of carbonyl (C=O) groups excluding carboxylic acids is 2. The number of ether oxygens (including phenoxy) is 4. The van der Waals surface area contributed by atoms with Gasteiger partial charge in [0, 0.05) is 0 Å². The first-order valence-electron chi connectivity index (χ1n) is 5.39. The zero-order valence-corrected chi connectivity index (χ0v) is 10.0. The van der Waals surface area contributed by atoms with Crippen LogP contribution in [0.15, 0.2) is 0 Å². The van der Waals surface area contributed by atoms with Gasteiger partial charge >= 0.3 is 11.9 Å². The van der Waals surface area contributed by atoms with Crippen LogP contribution in [0.4, 0.5) is 0 Å².